The van der Waals surface area contributed by atoms with Crippen LogP contribution in [0.2, 0.25) is 0 Å². The van der Waals surface area contributed by atoms with E-state index in [1.54, 1.807) is 19.1 Å². The van der Waals surface area contributed by atoms with E-state index in [2.05, 4.69) is 15.9 Å². The van der Waals surface area contributed by atoms with Gasteiger partial charge < -0.3 is 10.0 Å². The fourth-order valence-corrected chi connectivity index (χ4v) is 2.50. The van der Waals surface area contributed by atoms with Gasteiger partial charge in [0.15, 0.2) is 0 Å². The van der Waals surface area contributed by atoms with E-state index >= 15 is 0 Å². The number of halogens is 2. The maximum absolute atomic E-state index is 12.9. The van der Waals surface area contributed by atoms with Gasteiger partial charge in [-0.2, -0.15) is 0 Å². The van der Waals surface area contributed by atoms with E-state index in [1.165, 1.54) is 12.1 Å². The molecule has 0 aliphatic carbocycles. The first-order chi connectivity index (χ1) is 9.47. The lowest BCUT2D eigenvalue weighted by Gasteiger charge is -2.24. The van der Waals surface area contributed by atoms with E-state index in [4.69, 9.17) is 0 Å². The summed E-state index contributed by atoms with van der Waals surface area (Å²) < 4.78 is 13.9. The Bertz CT molecular complexity index is 584. The summed E-state index contributed by atoms with van der Waals surface area (Å²) in [7, 11) is 1.96. The molecule has 4 heteroatoms. The van der Waals surface area contributed by atoms with Gasteiger partial charge in [0.2, 0.25) is 0 Å². The molecule has 0 radical (unpaired) electrons. The van der Waals surface area contributed by atoms with Gasteiger partial charge >= 0.3 is 0 Å². The molecule has 0 aliphatic rings. The Balaban J connectivity index is 2.26. The summed E-state index contributed by atoms with van der Waals surface area (Å²) in [5, 5.41) is 9.86. The van der Waals surface area contributed by atoms with Crippen LogP contribution in [0.3, 0.4) is 0 Å². The average Bonchev–Trinajstić information content (AvgIpc) is 2.41. The van der Waals surface area contributed by atoms with Gasteiger partial charge in [-0.1, -0.05) is 34.1 Å². The SMILES string of the molecule is CC(O)c1ccc(Br)cc1N(C)Cc1ccc(F)cc1. The molecule has 1 atom stereocenters. The van der Waals surface area contributed by atoms with Crippen LogP contribution < -0.4 is 4.90 Å². The second-order valence-electron chi connectivity index (χ2n) is 4.86. The maximum Gasteiger partial charge on any atom is 0.123 e. The minimum Gasteiger partial charge on any atom is -0.389 e. The summed E-state index contributed by atoms with van der Waals surface area (Å²) in [5.41, 5.74) is 2.85. The van der Waals surface area contributed by atoms with Crippen molar-refractivity contribution in [2.24, 2.45) is 0 Å². The molecule has 0 bridgehead atoms. The normalized spacial score (nSPS) is 12.2. The lowest BCUT2D eigenvalue weighted by atomic mass is 10.1. The van der Waals surface area contributed by atoms with Crippen LogP contribution in [0.25, 0.3) is 0 Å². The smallest absolute Gasteiger partial charge is 0.123 e. The zero-order chi connectivity index (χ0) is 14.7. The van der Waals surface area contributed by atoms with E-state index in [-0.39, 0.29) is 5.82 Å². The molecule has 0 heterocycles. The standard InChI is InChI=1S/C16H17BrFNO/c1-11(20)15-8-5-13(17)9-16(15)19(2)10-12-3-6-14(18)7-4-12/h3-9,11,20H,10H2,1-2H3. The van der Waals surface area contributed by atoms with Crippen molar-refractivity contribution >= 4 is 21.6 Å². The molecule has 20 heavy (non-hydrogen) atoms. The van der Waals surface area contributed by atoms with Gasteiger partial charge in [0.25, 0.3) is 0 Å². The summed E-state index contributed by atoms with van der Waals surface area (Å²) in [5.74, 6) is -0.233. The molecule has 0 spiro atoms. The minimum absolute atomic E-state index is 0.233. The third-order valence-electron chi connectivity index (χ3n) is 3.19. The minimum atomic E-state index is -0.534. The second-order valence-corrected chi connectivity index (χ2v) is 5.78. The highest BCUT2D eigenvalue weighted by Gasteiger charge is 2.12. The van der Waals surface area contributed by atoms with Gasteiger partial charge in [0, 0.05) is 29.3 Å². The van der Waals surface area contributed by atoms with Crippen molar-refractivity contribution in [2.45, 2.75) is 19.6 Å². The Labute approximate surface area is 127 Å². The summed E-state index contributed by atoms with van der Waals surface area (Å²) in [6, 6.07) is 12.3. The lowest BCUT2D eigenvalue weighted by molar-refractivity contribution is 0.199. The lowest BCUT2D eigenvalue weighted by Crippen LogP contribution is -2.18. The predicted molar refractivity (Wildman–Crippen MR) is 83.3 cm³/mol. The summed E-state index contributed by atoms with van der Waals surface area (Å²) in [6.07, 6.45) is -0.534. The van der Waals surface area contributed by atoms with Crippen molar-refractivity contribution in [3.63, 3.8) is 0 Å². The molecule has 0 saturated carbocycles. The number of aliphatic hydroxyl groups excluding tert-OH is 1. The fourth-order valence-electron chi connectivity index (χ4n) is 2.15. The average molecular weight is 338 g/mol. The van der Waals surface area contributed by atoms with Crippen LogP contribution in [-0.2, 0) is 6.54 Å². The highest BCUT2D eigenvalue weighted by Crippen LogP contribution is 2.29. The first kappa shape index (κ1) is 15.0. The van der Waals surface area contributed by atoms with E-state index in [0.717, 1.165) is 21.3 Å². The van der Waals surface area contributed by atoms with Gasteiger partial charge in [-0.3, -0.25) is 0 Å². The Kier molecular flexibility index (Phi) is 4.78. The van der Waals surface area contributed by atoms with Crippen LogP contribution in [0.4, 0.5) is 10.1 Å². The van der Waals surface area contributed by atoms with Crippen LogP contribution in [0, 0.1) is 5.82 Å². The molecule has 2 aromatic rings. The van der Waals surface area contributed by atoms with E-state index in [1.807, 2.05) is 30.1 Å². The Morgan fingerprint density at radius 2 is 1.85 bits per heavy atom. The molecular weight excluding hydrogens is 321 g/mol. The van der Waals surface area contributed by atoms with Crippen LogP contribution >= 0.6 is 15.9 Å². The Morgan fingerprint density at radius 1 is 1.20 bits per heavy atom. The van der Waals surface area contributed by atoms with Crippen molar-refractivity contribution in [1.82, 2.24) is 0 Å². The first-order valence-corrected chi connectivity index (χ1v) is 7.20. The largest absolute Gasteiger partial charge is 0.389 e. The van der Waals surface area contributed by atoms with Crippen molar-refractivity contribution in [3.8, 4) is 0 Å². The molecule has 0 amide bonds. The second kappa shape index (κ2) is 6.37. The predicted octanol–water partition coefficient (Wildman–Crippen LogP) is 4.28. The zero-order valence-corrected chi connectivity index (χ0v) is 13.1. The highest BCUT2D eigenvalue weighted by atomic mass is 79.9. The fraction of sp³-hybridized carbons (Fsp3) is 0.250. The number of anilines is 1. The zero-order valence-electron chi connectivity index (χ0n) is 11.5. The molecule has 0 saturated heterocycles. The van der Waals surface area contributed by atoms with Crippen LogP contribution in [0.1, 0.15) is 24.2 Å². The Morgan fingerprint density at radius 3 is 2.45 bits per heavy atom. The number of nitrogens with zero attached hydrogens (tertiary/aromatic N) is 1. The molecular formula is C16H17BrFNO. The molecule has 1 unspecified atom stereocenters. The number of aliphatic hydroxyl groups is 1. The summed E-state index contributed by atoms with van der Waals surface area (Å²) in [6.45, 7) is 2.40. The van der Waals surface area contributed by atoms with Gasteiger partial charge in [-0.25, -0.2) is 4.39 Å². The molecule has 0 fully saturated rings. The molecule has 0 aromatic heterocycles. The molecule has 2 nitrogen and oxygen atoms in total. The van der Waals surface area contributed by atoms with Gasteiger partial charge in [0.1, 0.15) is 5.82 Å². The van der Waals surface area contributed by atoms with E-state index < -0.39 is 6.10 Å². The van der Waals surface area contributed by atoms with Crippen molar-refractivity contribution < 1.29 is 9.50 Å². The van der Waals surface area contributed by atoms with Crippen LogP contribution in [-0.4, -0.2) is 12.2 Å². The summed E-state index contributed by atoms with van der Waals surface area (Å²) >= 11 is 3.45. The van der Waals surface area contributed by atoms with E-state index in [9.17, 15) is 9.50 Å². The van der Waals surface area contributed by atoms with Crippen LogP contribution in [0.15, 0.2) is 46.9 Å². The van der Waals surface area contributed by atoms with Gasteiger partial charge in [-0.15, -0.1) is 0 Å². The number of hydrogen-bond acceptors (Lipinski definition) is 2. The Hall–Kier alpha value is -1.39. The highest BCUT2D eigenvalue weighted by molar-refractivity contribution is 9.10. The third-order valence-corrected chi connectivity index (χ3v) is 3.68. The number of hydrogen-bond donors (Lipinski definition) is 1. The van der Waals surface area contributed by atoms with Crippen molar-refractivity contribution in [3.05, 3.63) is 63.9 Å². The number of benzene rings is 2. The molecule has 106 valence electrons. The van der Waals surface area contributed by atoms with Gasteiger partial charge in [-0.05, 0) is 36.8 Å². The molecule has 1 N–H and O–H groups in total. The number of rotatable bonds is 4. The van der Waals surface area contributed by atoms with Crippen LogP contribution in [0.5, 0.6) is 0 Å². The topological polar surface area (TPSA) is 23.5 Å². The molecule has 2 aromatic carbocycles. The quantitative estimate of drug-likeness (QED) is 0.900. The van der Waals surface area contributed by atoms with Crippen molar-refractivity contribution in [1.29, 1.82) is 0 Å². The van der Waals surface area contributed by atoms with Gasteiger partial charge in [0.05, 0.1) is 6.10 Å². The third kappa shape index (κ3) is 3.58. The molecule has 2 rings (SSSR count). The first-order valence-electron chi connectivity index (χ1n) is 6.40. The monoisotopic (exact) mass is 337 g/mol. The summed E-state index contributed by atoms with van der Waals surface area (Å²) in [4.78, 5) is 2.04. The maximum atomic E-state index is 12.9. The van der Waals surface area contributed by atoms with Crippen molar-refractivity contribution in [2.75, 3.05) is 11.9 Å². The van der Waals surface area contributed by atoms with E-state index in [0.29, 0.717) is 6.54 Å². The molecule has 0 aliphatic heterocycles.